The van der Waals surface area contributed by atoms with Gasteiger partial charge in [-0.05, 0) is 13.0 Å². The molecule has 0 saturated carbocycles. The van der Waals surface area contributed by atoms with Gasteiger partial charge < -0.3 is 9.69 Å². The second kappa shape index (κ2) is 5.42. The van der Waals surface area contributed by atoms with Crippen molar-refractivity contribution in [2.24, 2.45) is 5.92 Å². The topological polar surface area (TPSA) is 20.3 Å². The molecule has 0 saturated heterocycles. The van der Waals surface area contributed by atoms with E-state index in [1.54, 1.807) is 0 Å². The van der Waals surface area contributed by atoms with E-state index in [1.807, 2.05) is 7.05 Å². The Labute approximate surface area is 63.2 Å². The lowest BCUT2D eigenvalue weighted by Gasteiger charge is -2.16. The first-order chi connectivity index (χ1) is 4.66. The number of hydrogen-bond donors (Lipinski definition) is 0. The van der Waals surface area contributed by atoms with Crippen molar-refractivity contribution in [3.63, 3.8) is 0 Å². The minimum absolute atomic E-state index is 0.656. The monoisotopic (exact) mass is 143 g/mol. The Bertz CT molecular complexity index is 91.3. The number of hydrogen-bond acceptors (Lipinski definition) is 2. The highest BCUT2D eigenvalue weighted by Crippen LogP contribution is 1.95. The molecule has 60 valence electrons. The van der Waals surface area contributed by atoms with E-state index in [0.717, 1.165) is 19.4 Å². The third-order valence-corrected chi connectivity index (χ3v) is 1.31. The number of aldehydes is 1. The van der Waals surface area contributed by atoms with Crippen molar-refractivity contribution in [2.75, 3.05) is 20.1 Å². The molecule has 2 heteroatoms. The minimum Gasteiger partial charge on any atom is -0.306 e. The van der Waals surface area contributed by atoms with Crippen molar-refractivity contribution >= 4 is 6.29 Å². The molecule has 0 heterocycles. The molecular formula is C8H17NO. The first-order valence-electron chi connectivity index (χ1n) is 3.79. The summed E-state index contributed by atoms with van der Waals surface area (Å²) >= 11 is 0. The predicted octanol–water partition coefficient (Wildman–Crippen LogP) is 1.16. The van der Waals surface area contributed by atoms with Crippen LogP contribution in [0, 0.1) is 5.92 Å². The summed E-state index contributed by atoms with van der Waals surface area (Å²) < 4.78 is 0. The highest BCUT2D eigenvalue weighted by molar-refractivity contribution is 5.49. The van der Waals surface area contributed by atoms with Gasteiger partial charge in [0.15, 0.2) is 0 Å². The van der Waals surface area contributed by atoms with Crippen LogP contribution in [0.2, 0.25) is 0 Å². The summed E-state index contributed by atoms with van der Waals surface area (Å²) in [4.78, 5) is 12.1. The van der Waals surface area contributed by atoms with Crippen molar-refractivity contribution < 1.29 is 4.79 Å². The zero-order valence-corrected chi connectivity index (χ0v) is 7.13. The van der Waals surface area contributed by atoms with Gasteiger partial charge in [0.05, 0.1) is 0 Å². The molecule has 0 aliphatic carbocycles. The molecule has 0 N–H and O–H groups in total. The van der Waals surface area contributed by atoms with Gasteiger partial charge >= 0.3 is 0 Å². The second-order valence-corrected chi connectivity index (χ2v) is 3.11. The van der Waals surface area contributed by atoms with Crippen LogP contribution < -0.4 is 0 Å². The Balaban J connectivity index is 3.24. The summed E-state index contributed by atoms with van der Waals surface area (Å²) in [6.45, 7) is 6.32. The van der Waals surface area contributed by atoms with Gasteiger partial charge in [-0.15, -0.1) is 0 Å². The van der Waals surface area contributed by atoms with Crippen LogP contribution in [-0.2, 0) is 4.79 Å². The van der Waals surface area contributed by atoms with Crippen LogP contribution in [0.5, 0.6) is 0 Å². The van der Waals surface area contributed by atoms with E-state index in [-0.39, 0.29) is 0 Å². The van der Waals surface area contributed by atoms with Crippen LogP contribution in [0.4, 0.5) is 0 Å². The van der Waals surface area contributed by atoms with Crippen LogP contribution in [0.25, 0.3) is 0 Å². The standard InChI is InChI=1S/C8H17NO/c1-8(2)7-9(3)5-4-6-10/h6,8H,4-5,7H2,1-3H3. The molecule has 0 unspecified atom stereocenters. The van der Waals surface area contributed by atoms with Gasteiger partial charge in [-0.2, -0.15) is 0 Å². The lowest BCUT2D eigenvalue weighted by Crippen LogP contribution is -2.24. The highest BCUT2D eigenvalue weighted by atomic mass is 16.1. The molecule has 2 nitrogen and oxygen atoms in total. The molecule has 0 fully saturated rings. The molecule has 10 heavy (non-hydrogen) atoms. The summed E-state index contributed by atoms with van der Waals surface area (Å²) in [5, 5.41) is 0. The number of rotatable bonds is 5. The lowest BCUT2D eigenvalue weighted by atomic mass is 10.2. The van der Waals surface area contributed by atoms with E-state index in [2.05, 4.69) is 18.7 Å². The molecule has 0 atom stereocenters. The maximum Gasteiger partial charge on any atom is 0.121 e. The van der Waals surface area contributed by atoms with E-state index in [1.165, 1.54) is 0 Å². The smallest absolute Gasteiger partial charge is 0.121 e. The van der Waals surface area contributed by atoms with Gasteiger partial charge in [0, 0.05) is 19.5 Å². The average molecular weight is 143 g/mol. The molecule has 0 aromatic rings. The second-order valence-electron chi connectivity index (χ2n) is 3.11. The van der Waals surface area contributed by atoms with E-state index in [0.29, 0.717) is 12.3 Å². The predicted molar refractivity (Wildman–Crippen MR) is 43.0 cm³/mol. The van der Waals surface area contributed by atoms with Crippen LogP contribution in [-0.4, -0.2) is 31.3 Å². The first kappa shape index (κ1) is 9.63. The third kappa shape index (κ3) is 5.76. The zero-order chi connectivity index (χ0) is 7.98. The molecule has 0 rings (SSSR count). The van der Waals surface area contributed by atoms with Crippen molar-refractivity contribution in [3.8, 4) is 0 Å². The minimum atomic E-state index is 0.656. The van der Waals surface area contributed by atoms with Gasteiger partial charge in [-0.25, -0.2) is 0 Å². The number of carbonyl (C=O) groups is 1. The van der Waals surface area contributed by atoms with E-state index in [9.17, 15) is 4.79 Å². The zero-order valence-electron chi connectivity index (χ0n) is 7.13. The highest BCUT2D eigenvalue weighted by Gasteiger charge is 1.99. The molecule has 0 aliphatic rings. The van der Waals surface area contributed by atoms with E-state index in [4.69, 9.17) is 0 Å². The Morgan fingerprint density at radius 2 is 2.10 bits per heavy atom. The van der Waals surface area contributed by atoms with Crippen molar-refractivity contribution in [3.05, 3.63) is 0 Å². The molecular weight excluding hydrogens is 126 g/mol. The van der Waals surface area contributed by atoms with Crippen LogP contribution >= 0.6 is 0 Å². The summed E-state index contributed by atoms with van der Waals surface area (Å²) in [5.74, 6) is 0.691. The normalized spacial score (nSPS) is 10.9. The van der Waals surface area contributed by atoms with E-state index >= 15 is 0 Å². The summed E-state index contributed by atoms with van der Waals surface area (Å²) in [6.07, 6.45) is 1.63. The summed E-state index contributed by atoms with van der Waals surface area (Å²) in [6, 6.07) is 0. The molecule has 0 amide bonds. The summed E-state index contributed by atoms with van der Waals surface area (Å²) in [5.41, 5.74) is 0. The molecule has 0 aromatic heterocycles. The van der Waals surface area contributed by atoms with Gasteiger partial charge in [-0.3, -0.25) is 0 Å². The van der Waals surface area contributed by atoms with Crippen molar-refractivity contribution in [1.29, 1.82) is 0 Å². The number of carbonyl (C=O) groups excluding carboxylic acids is 1. The van der Waals surface area contributed by atoms with Crippen LogP contribution in [0.1, 0.15) is 20.3 Å². The first-order valence-corrected chi connectivity index (χ1v) is 3.79. The fourth-order valence-electron chi connectivity index (χ4n) is 0.988. The van der Waals surface area contributed by atoms with Gasteiger partial charge in [-0.1, -0.05) is 13.8 Å². The molecule has 0 radical (unpaired) electrons. The Morgan fingerprint density at radius 1 is 1.50 bits per heavy atom. The Hall–Kier alpha value is -0.370. The van der Waals surface area contributed by atoms with Gasteiger partial charge in [0.2, 0.25) is 0 Å². The van der Waals surface area contributed by atoms with Gasteiger partial charge in [0.1, 0.15) is 6.29 Å². The summed E-state index contributed by atoms with van der Waals surface area (Å²) in [7, 11) is 2.05. The quantitative estimate of drug-likeness (QED) is 0.538. The van der Waals surface area contributed by atoms with Crippen LogP contribution in [0.3, 0.4) is 0 Å². The fourth-order valence-corrected chi connectivity index (χ4v) is 0.988. The van der Waals surface area contributed by atoms with Crippen LogP contribution in [0.15, 0.2) is 0 Å². The maximum absolute atomic E-state index is 9.97. The average Bonchev–Trinajstić information content (AvgIpc) is 1.82. The molecule has 0 aromatic carbocycles. The van der Waals surface area contributed by atoms with E-state index < -0.39 is 0 Å². The fraction of sp³-hybridized carbons (Fsp3) is 0.875. The maximum atomic E-state index is 9.97. The van der Waals surface area contributed by atoms with Gasteiger partial charge in [0.25, 0.3) is 0 Å². The Kier molecular flexibility index (Phi) is 5.22. The molecule has 0 aliphatic heterocycles. The third-order valence-electron chi connectivity index (χ3n) is 1.31. The number of nitrogens with zero attached hydrogens (tertiary/aromatic N) is 1. The Morgan fingerprint density at radius 3 is 2.50 bits per heavy atom. The molecule has 0 spiro atoms. The molecule has 0 bridgehead atoms. The largest absolute Gasteiger partial charge is 0.306 e. The lowest BCUT2D eigenvalue weighted by molar-refractivity contribution is -0.108. The SMILES string of the molecule is CC(C)CN(C)CCC=O. The van der Waals surface area contributed by atoms with Crippen molar-refractivity contribution in [2.45, 2.75) is 20.3 Å². The van der Waals surface area contributed by atoms with Crippen molar-refractivity contribution in [1.82, 2.24) is 4.90 Å².